The summed E-state index contributed by atoms with van der Waals surface area (Å²) in [6, 6.07) is 4.09. The monoisotopic (exact) mass is 291 g/mol. The van der Waals surface area contributed by atoms with E-state index in [0.717, 1.165) is 36.5 Å². The van der Waals surface area contributed by atoms with Crippen LogP contribution in [-0.4, -0.2) is 10.1 Å². The molecule has 1 fully saturated rings. The van der Waals surface area contributed by atoms with Crippen molar-refractivity contribution in [2.75, 3.05) is 0 Å². The van der Waals surface area contributed by atoms with Crippen molar-refractivity contribution in [1.29, 1.82) is 0 Å². The topological polar surface area (TPSA) is 64.9 Å². The summed E-state index contributed by atoms with van der Waals surface area (Å²) < 4.78 is 5.40. The Morgan fingerprint density at radius 2 is 2.15 bits per heavy atom. The highest BCUT2D eigenvalue weighted by atomic mass is 32.1. The normalized spacial score (nSPS) is 26.9. The maximum Gasteiger partial charge on any atom is 0.268 e. The Labute approximate surface area is 123 Å². The highest BCUT2D eigenvalue weighted by molar-refractivity contribution is 7.15. The van der Waals surface area contributed by atoms with E-state index in [1.165, 1.54) is 11.3 Å². The van der Waals surface area contributed by atoms with Gasteiger partial charge in [-0.2, -0.15) is 4.98 Å². The number of hydrogen-bond acceptors (Lipinski definition) is 5. The predicted octanol–water partition coefficient (Wildman–Crippen LogP) is 3.86. The van der Waals surface area contributed by atoms with E-state index in [0.29, 0.717) is 11.7 Å². The van der Waals surface area contributed by atoms with E-state index in [1.807, 2.05) is 6.07 Å². The van der Waals surface area contributed by atoms with Gasteiger partial charge < -0.3 is 10.3 Å². The molecule has 1 saturated carbocycles. The van der Waals surface area contributed by atoms with Crippen LogP contribution in [0.1, 0.15) is 49.7 Å². The van der Waals surface area contributed by atoms with Crippen LogP contribution in [0.3, 0.4) is 0 Å². The minimum atomic E-state index is -0.403. The van der Waals surface area contributed by atoms with E-state index in [4.69, 9.17) is 10.3 Å². The molecule has 5 heteroatoms. The standard InChI is InChI=1S/C15H21N3OS/c1-3-11-6-8-15(16,9-7-11)14-17-13(19-18-14)12-5-4-10(2)20-12/h4-5,11H,3,6-9,16H2,1-2H3. The SMILES string of the molecule is CCC1CCC(N)(c2noc(-c3ccc(C)s3)n2)CC1. The van der Waals surface area contributed by atoms with E-state index in [2.05, 4.69) is 30.1 Å². The van der Waals surface area contributed by atoms with Crippen molar-refractivity contribution in [3.05, 3.63) is 22.8 Å². The lowest BCUT2D eigenvalue weighted by Crippen LogP contribution is -2.41. The molecular weight excluding hydrogens is 270 g/mol. The smallest absolute Gasteiger partial charge is 0.268 e. The van der Waals surface area contributed by atoms with Crippen molar-refractivity contribution in [2.45, 2.75) is 51.5 Å². The van der Waals surface area contributed by atoms with Gasteiger partial charge in [-0.15, -0.1) is 11.3 Å². The Bertz CT molecular complexity index is 581. The lowest BCUT2D eigenvalue weighted by molar-refractivity contribution is 0.216. The molecule has 0 aliphatic heterocycles. The first kappa shape index (κ1) is 13.8. The van der Waals surface area contributed by atoms with Gasteiger partial charge in [0, 0.05) is 4.88 Å². The molecule has 1 aliphatic carbocycles. The first-order valence-corrected chi connectivity index (χ1v) is 8.12. The summed E-state index contributed by atoms with van der Waals surface area (Å²) >= 11 is 1.67. The van der Waals surface area contributed by atoms with Crippen LogP contribution < -0.4 is 5.73 Å². The molecule has 0 atom stereocenters. The van der Waals surface area contributed by atoms with Crippen molar-refractivity contribution in [2.24, 2.45) is 11.7 Å². The van der Waals surface area contributed by atoms with Crippen molar-refractivity contribution in [3.8, 4) is 10.8 Å². The zero-order valence-electron chi connectivity index (χ0n) is 12.1. The van der Waals surface area contributed by atoms with Gasteiger partial charge in [-0.3, -0.25) is 0 Å². The van der Waals surface area contributed by atoms with E-state index in [1.54, 1.807) is 11.3 Å². The van der Waals surface area contributed by atoms with Gasteiger partial charge in [0.1, 0.15) is 0 Å². The molecule has 0 spiro atoms. The molecule has 2 N–H and O–H groups in total. The number of thiophene rings is 1. The number of nitrogens with two attached hydrogens (primary N) is 1. The first-order valence-electron chi connectivity index (χ1n) is 7.30. The van der Waals surface area contributed by atoms with Gasteiger partial charge in [0.25, 0.3) is 5.89 Å². The average Bonchev–Trinajstić information content (AvgIpc) is 3.08. The second kappa shape index (κ2) is 5.30. The lowest BCUT2D eigenvalue weighted by Gasteiger charge is -2.34. The summed E-state index contributed by atoms with van der Waals surface area (Å²) in [5, 5.41) is 4.14. The van der Waals surface area contributed by atoms with Gasteiger partial charge in [0.2, 0.25) is 0 Å². The van der Waals surface area contributed by atoms with Gasteiger partial charge in [-0.05, 0) is 50.7 Å². The van der Waals surface area contributed by atoms with Crippen LogP contribution in [0.25, 0.3) is 10.8 Å². The predicted molar refractivity (Wildman–Crippen MR) is 80.5 cm³/mol. The van der Waals surface area contributed by atoms with Gasteiger partial charge in [0.15, 0.2) is 5.82 Å². The van der Waals surface area contributed by atoms with Crippen molar-refractivity contribution >= 4 is 11.3 Å². The average molecular weight is 291 g/mol. The third-order valence-electron chi connectivity index (χ3n) is 4.40. The van der Waals surface area contributed by atoms with Crippen molar-refractivity contribution in [3.63, 3.8) is 0 Å². The fraction of sp³-hybridized carbons (Fsp3) is 0.600. The second-order valence-corrected chi connectivity index (χ2v) is 7.13. The van der Waals surface area contributed by atoms with Crippen LogP contribution in [0.4, 0.5) is 0 Å². The van der Waals surface area contributed by atoms with Crippen LogP contribution in [0.2, 0.25) is 0 Å². The molecule has 2 aromatic rings. The molecule has 0 unspecified atom stereocenters. The zero-order chi connectivity index (χ0) is 14.2. The van der Waals surface area contributed by atoms with Crippen LogP contribution in [0.15, 0.2) is 16.7 Å². The Hall–Kier alpha value is -1.20. The summed E-state index contributed by atoms with van der Waals surface area (Å²) in [5.41, 5.74) is 6.11. The summed E-state index contributed by atoms with van der Waals surface area (Å²) in [6.45, 7) is 4.32. The minimum absolute atomic E-state index is 0.403. The fourth-order valence-electron chi connectivity index (χ4n) is 2.90. The number of nitrogens with zero attached hydrogens (tertiary/aromatic N) is 2. The molecule has 0 radical (unpaired) electrons. The maximum absolute atomic E-state index is 6.51. The second-order valence-electron chi connectivity index (χ2n) is 5.84. The van der Waals surface area contributed by atoms with E-state index < -0.39 is 5.54 Å². The summed E-state index contributed by atoms with van der Waals surface area (Å²) in [6.07, 6.45) is 5.47. The van der Waals surface area contributed by atoms with Crippen LogP contribution in [0.5, 0.6) is 0 Å². The van der Waals surface area contributed by atoms with Crippen LogP contribution >= 0.6 is 11.3 Å². The summed E-state index contributed by atoms with van der Waals surface area (Å²) in [4.78, 5) is 6.81. The third kappa shape index (κ3) is 2.52. The zero-order valence-corrected chi connectivity index (χ0v) is 12.9. The number of hydrogen-bond donors (Lipinski definition) is 1. The highest BCUT2D eigenvalue weighted by Gasteiger charge is 2.37. The van der Waals surface area contributed by atoms with Crippen molar-refractivity contribution in [1.82, 2.24) is 10.1 Å². The van der Waals surface area contributed by atoms with Crippen molar-refractivity contribution < 1.29 is 4.52 Å². The molecule has 0 aromatic carbocycles. The van der Waals surface area contributed by atoms with E-state index in [9.17, 15) is 0 Å². The molecule has 2 heterocycles. The maximum atomic E-state index is 6.51. The molecule has 20 heavy (non-hydrogen) atoms. The fourth-order valence-corrected chi connectivity index (χ4v) is 3.69. The van der Waals surface area contributed by atoms with Crippen LogP contribution in [-0.2, 0) is 5.54 Å². The van der Waals surface area contributed by atoms with E-state index in [-0.39, 0.29) is 0 Å². The van der Waals surface area contributed by atoms with Gasteiger partial charge in [-0.1, -0.05) is 18.5 Å². The quantitative estimate of drug-likeness (QED) is 0.932. The van der Waals surface area contributed by atoms with Gasteiger partial charge >= 0.3 is 0 Å². The Balaban J connectivity index is 1.80. The number of rotatable bonds is 3. The van der Waals surface area contributed by atoms with Gasteiger partial charge in [-0.25, -0.2) is 0 Å². The summed E-state index contributed by atoms with van der Waals surface area (Å²) in [7, 11) is 0. The van der Waals surface area contributed by atoms with E-state index >= 15 is 0 Å². The highest BCUT2D eigenvalue weighted by Crippen LogP contribution is 2.38. The first-order chi connectivity index (χ1) is 9.60. The molecule has 2 aromatic heterocycles. The van der Waals surface area contributed by atoms with Gasteiger partial charge in [0.05, 0.1) is 10.4 Å². The number of aromatic nitrogens is 2. The third-order valence-corrected chi connectivity index (χ3v) is 5.39. The molecule has 4 nitrogen and oxygen atoms in total. The largest absolute Gasteiger partial charge is 0.333 e. The molecule has 0 bridgehead atoms. The Kier molecular flexibility index (Phi) is 3.65. The molecule has 0 amide bonds. The molecule has 0 saturated heterocycles. The molecular formula is C15H21N3OS. The summed E-state index contributed by atoms with van der Waals surface area (Å²) in [5.74, 6) is 2.08. The number of aryl methyl sites for hydroxylation is 1. The Morgan fingerprint density at radius 3 is 2.75 bits per heavy atom. The molecule has 108 valence electrons. The van der Waals surface area contributed by atoms with Crippen LogP contribution in [0, 0.1) is 12.8 Å². The molecule has 1 aliphatic rings. The minimum Gasteiger partial charge on any atom is -0.333 e. The lowest BCUT2D eigenvalue weighted by atomic mass is 9.76. The Morgan fingerprint density at radius 1 is 1.40 bits per heavy atom. The molecule has 3 rings (SSSR count).